The number of fused-ring (bicyclic) bond motifs is 4. The van der Waals surface area contributed by atoms with Gasteiger partial charge in [0.15, 0.2) is 0 Å². The molecular weight excluding hydrogens is 358 g/mol. The number of benzene rings is 1. The summed E-state index contributed by atoms with van der Waals surface area (Å²) >= 11 is 0. The van der Waals surface area contributed by atoms with E-state index in [4.69, 9.17) is 0 Å². The van der Waals surface area contributed by atoms with Crippen LogP contribution in [0.4, 0.5) is 5.69 Å². The molecule has 4 rings (SSSR count). The Labute approximate surface area is 149 Å². The second-order valence-electron chi connectivity index (χ2n) is 6.77. The fraction of sp³-hybridized carbons (Fsp3) is 0.353. The molecule has 2 aliphatic heterocycles. The van der Waals surface area contributed by atoms with E-state index in [1.165, 1.54) is 28.6 Å². The average molecular weight is 375 g/mol. The Morgan fingerprint density at radius 2 is 1.85 bits per heavy atom. The summed E-state index contributed by atoms with van der Waals surface area (Å²) in [7, 11) is -3.83. The number of sulfonamides is 1. The van der Waals surface area contributed by atoms with E-state index in [1.54, 1.807) is 10.6 Å². The lowest BCUT2D eigenvalue weighted by Crippen LogP contribution is -2.49. The van der Waals surface area contributed by atoms with Crippen LogP contribution in [0.3, 0.4) is 0 Å². The summed E-state index contributed by atoms with van der Waals surface area (Å²) < 4.78 is 29.1. The van der Waals surface area contributed by atoms with Crippen LogP contribution in [0.2, 0.25) is 0 Å². The van der Waals surface area contributed by atoms with Crippen molar-refractivity contribution in [2.75, 3.05) is 13.1 Å². The zero-order valence-electron chi connectivity index (χ0n) is 13.8. The number of rotatable bonds is 3. The van der Waals surface area contributed by atoms with Crippen molar-refractivity contribution in [1.82, 2.24) is 8.87 Å². The number of pyridine rings is 1. The number of non-ortho nitro benzene ring substituents is 1. The molecule has 1 fully saturated rings. The smallest absolute Gasteiger partial charge is 0.270 e. The molecule has 2 atom stereocenters. The van der Waals surface area contributed by atoms with Crippen molar-refractivity contribution < 1.29 is 13.3 Å². The number of nitrogens with zero attached hydrogens (tertiary/aromatic N) is 3. The maximum absolute atomic E-state index is 13.0. The van der Waals surface area contributed by atoms with Gasteiger partial charge in [0.2, 0.25) is 10.0 Å². The first-order chi connectivity index (χ1) is 12.4. The highest BCUT2D eigenvalue weighted by Crippen LogP contribution is 2.37. The lowest BCUT2D eigenvalue weighted by Gasteiger charge is -2.42. The van der Waals surface area contributed by atoms with Crippen molar-refractivity contribution in [2.45, 2.75) is 23.8 Å². The summed E-state index contributed by atoms with van der Waals surface area (Å²) in [5.41, 5.74) is 0.542. The molecule has 0 N–H and O–H groups in total. The van der Waals surface area contributed by atoms with Gasteiger partial charge in [-0.15, -0.1) is 0 Å². The van der Waals surface area contributed by atoms with Crippen molar-refractivity contribution in [1.29, 1.82) is 0 Å². The third-order valence-corrected chi connectivity index (χ3v) is 6.94. The van der Waals surface area contributed by atoms with Crippen LogP contribution in [0.1, 0.15) is 18.0 Å². The Balaban J connectivity index is 1.69. The number of hydrogen-bond acceptors (Lipinski definition) is 5. The minimum absolute atomic E-state index is 0.0508. The highest BCUT2D eigenvalue weighted by Gasteiger charge is 2.39. The summed E-state index contributed by atoms with van der Waals surface area (Å²) in [5, 5.41) is 10.9. The minimum Gasteiger partial charge on any atom is -0.312 e. The van der Waals surface area contributed by atoms with Crippen molar-refractivity contribution in [3.8, 4) is 0 Å². The molecule has 1 aromatic carbocycles. The van der Waals surface area contributed by atoms with Gasteiger partial charge in [0.1, 0.15) is 0 Å². The van der Waals surface area contributed by atoms with Gasteiger partial charge < -0.3 is 4.57 Å². The van der Waals surface area contributed by atoms with E-state index in [0.717, 1.165) is 18.2 Å². The molecule has 2 aromatic rings. The van der Waals surface area contributed by atoms with Gasteiger partial charge in [0.25, 0.3) is 11.2 Å². The normalized spacial score (nSPS) is 22.6. The third-order valence-electron chi connectivity index (χ3n) is 5.11. The largest absolute Gasteiger partial charge is 0.312 e. The Hall–Kier alpha value is -2.52. The first kappa shape index (κ1) is 16.9. The molecule has 3 heterocycles. The molecule has 2 aliphatic rings. The maximum atomic E-state index is 13.0. The molecule has 26 heavy (non-hydrogen) atoms. The maximum Gasteiger partial charge on any atom is 0.270 e. The van der Waals surface area contributed by atoms with Crippen LogP contribution in [0.5, 0.6) is 0 Å². The van der Waals surface area contributed by atoms with Crippen LogP contribution < -0.4 is 5.56 Å². The van der Waals surface area contributed by atoms with Crippen LogP contribution >= 0.6 is 0 Å². The van der Waals surface area contributed by atoms with Gasteiger partial charge in [-0.2, -0.15) is 4.31 Å². The van der Waals surface area contributed by atoms with Gasteiger partial charge >= 0.3 is 0 Å². The summed E-state index contributed by atoms with van der Waals surface area (Å²) in [6, 6.07) is 10.2. The van der Waals surface area contributed by atoms with Crippen molar-refractivity contribution in [2.24, 2.45) is 5.92 Å². The van der Waals surface area contributed by atoms with Gasteiger partial charge in [-0.3, -0.25) is 14.9 Å². The third kappa shape index (κ3) is 2.73. The number of aromatic nitrogens is 1. The summed E-state index contributed by atoms with van der Waals surface area (Å²) in [5.74, 6) is -0.000281. The predicted octanol–water partition coefficient (Wildman–Crippen LogP) is 1.56. The van der Waals surface area contributed by atoms with Crippen molar-refractivity contribution >= 4 is 15.7 Å². The van der Waals surface area contributed by atoms with Crippen LogP contribution in [-0.4, -0.2) is 35.3 Å². The second kappa shape index (κ2) is 6.03. The average Bonchev–Trinajstić information content (AvgIpc) is 2.62. The second-order valence-corrected chi connectivity index (χ2v) is 8.71. The molecule has 0 amide bonds. The molecule has 8 nitrogen and oxygen atoms in total. The first-order valence-corrected chi connectivity index (χ1v) is 9.74. The highest BCUT2D eigenvalue weighted by atomic mass is 32.2. The Bertz CT molecular complexity index is 1050. The molecule has 0 radical (unpaired) electrons. The Morgan fingerprint density at radius 3 is 2.62 bits per heavy atom. The molecule has 9 heteroatoms. The molecule has 136 valence electrons. The minimum atomic E-state index is -3.83. The van der Waals surface area contributed by atoms with E-state index in [9.17, 15) is 23.3 Å². The molecule has 0 aliphatic carbocycles. The van der Waals surface area contributed by atoms with Crippen molar-refractivity contribution in [3.63, 3.8) is 0 Å². The molecule has 0 spiro atoms. The van der Waals surface area contributed by atoms with E-state index in [1.807, 2.05) is 6.07 Å². The van der Waals surface area contributed by atoms with Crippen LogP contribution in [0.15, 0.2) is 52.2 Å². The first-order valence-electron chi connectivity index (χ1n) is 8.30. The molecule has 0 unspecified atom stereocenters. The molecule has 0 saturated carbocycles. The highest BCUT2D eigenvalue weighted by molar-refractivity contribution is 7.89. The summed E-state index contributed by atoms with van der Waals surface area (Å²) in [6.45, 7) is 1.07. The standard InChI is InChI=1S/C17H17N3O5S/c21-17-6-2-5-16-13-7-12(10-19(16)17)9-18(11-13)26(24,25)15-4-1-3-14(8-15)20(22)23/h1-6,8,12-13H,7,9-11H2/t12-,13-/m0/s1. The van der Waals surface area contributed by atoms with E-state index in [2.05, 4.69) is 0 Å². The molecule has 2 bridgehead atoms. The topological polar surface area (TPSA) is 103 Å². The molecular formula is C17H17N3O5S. The summed E-state index contributed by atoms with van der Waals surface area (Å²) in [6.07, 6.45) is 0.838. The Morgan fingerprint density at radius 1 is 1.08 bits per heavy atom. The fourth-order valence-electron chi connectivity index (χ4n) is 3.96. The number of piperidine rings is 1. The number of nitro groups is 1. The molecule has 1 saturated heterocycles. The zero-order valence-corrected chi connectivity index (χ0v) is 14.6. The van der Waals surface area contributed by atoms with Gasteiger partial charge in [-0.1, -0.05) is 12.1 Å². The van der Waals surface area contributed by atoms with Gasteiger partial charge in [-0.25, -0.2) is 8.42 Å². The van der Waals surface area contributed by atoms with Crippen LogP contribution in [-0.2, 0) is 16.6 Å². The SMILES string of the molecule is O=c1cccc2n1C[C@H]1C[C@H]2CN(S(=O)(=O)c2cccc([N+](=O)[O-])c2)C1. The monoisotopic (exact) mass is 375 g/mol. The van der Waals surface area contributed by atoms with Gasteiger partial charge in [0, 0.05) is 49.4 Å². The zero-order chi connectivity index (χ0) is 18.5. The predicted molar refractivity (Wildman–Crippen MR) is 93.4 cm³/mol. The van der Waals surface area contributed by atoms with Gasteiger partial charge in [0.05, 0.1) is 9.82 Å². The van der Waals surface area contributed by atoms with E-state index in [-0.39, 0.29) is 34.5 Å². The fourth-order valence-corrected chi connectivity index (χ4v) is 5.56. The van der Waals surface area contributed by atoms with E-state index < -0.39 is 14.9 Å². The number of nitro benzene ring substituents is 1. The lowest BCUT2D eigenvalue weighted by atomic mass is 9.84. The quantitative estimate of drug-likeness (QED) is 0.598. The lowest BCUT2D eigenvalue weighted by molar-refractivity contribution is -0.385. The molecule has 1 aromatic heterocycles. The van der Waals surface area contributed by atoms with Crippen molar-refractivity contribution in [3.05, 3.63) is 68.6 Å². The number of hydrogen-bond donors (Lipinski definition) is 0. The van der Waals surface area contributed by atoms with E-state index >= 15 is 0 Å². The van der Waals surface area contributed by atoms with Crippen LogP contribution in [0.25, 0.3) is 0 Å². The Kier molecular flexibility index (Phi) is 3.92. The summed E-state index contributed by atoms with van der Waals surface area (Å²) in [4.78, 5) is 22.3. The van der Waals surface area contributed by atoms with Crippen LogP contribution in [0, 0.1) is 16.0 Å². The van der Waals surface area contributed by atoms with E-state index in [0.29, 0.717) is 13.1 Å². The van der Waals surface area contributed by atoms with Gasteiger partial charge in [-0.05, 0) is 24.5 Å².